The zero-order chi connectivity index (χ0) is 20.2. The summed E-state index contributed by atoms with van der Waals surface area (Å²) in [6, 6.07) is 16.7. The summed E-state index contributed by atoms with van der Waals surface area (Å²) in [5.41, 5.74) is 3.75. The maximum Gasteiger partial charge on any atom is 0.284 e. The molecule has 1 amide bonds. The summed E-state index contributed by atoms with van der Waals surface area (Å²) in [6.45, 7) is 11.0. The molecule has 1 saturated heterocycles. The number of hydrogen-bond donors (Lipinski definition) is 2. The SMILES string of the molecule is CCN(C(=O)[C@H](C)[NH+]1CC[NH+](Cc2ccc3c(c2)CCO3)CC1)c1ccccc1. The molecule has 4 rings (SSSR count). The summed E-state index contributed by atoms with van der Waals surface area (Å²) in [5.74, 6) is 1.29. The zero-order valence-corrected chi connectivity index (χ0v) is 17.6. The molecule has 5 heteroatoms. The van der Waals surface area contributed by atoms with Crippen LogP contribution in [0.2, 0.25) is 0 Å². The minimum Gasteiger partial charge on any atom is -0.493 e. The van der Waals surface area contributed by atoms with Gasteiger partial charge in [-0.1, -0.05) is 18.2 Å². The predicted molar refractivity (Wildman–Crippen MR) is 115 cm³/mol. The van der Waals surface area contributed by atoms with Crippen molar-refractivity contribution in [1.29, 1.82) is 0 Å². The first-order chi connectivity index (χ1) is 14.2. The molecule has 2 heterocycles. The molecule has 1 atom stereocenters. The Morgan fingerprint density at radius 3 is 2.59 bits per heavy atom. The Kier molecular flexibility index (Phi) is 6.16. The number of benzene rings is 2. The summed E-state index contributed by atoms with van der Waals surface area (Å²) in [7, 11) is 0. The quantitative estimate of drug-likeness (QED) is 0.741. The summed E-state index contributed by atoms with van der Waals surface area (Å²) < 4.78 is 5.62. The normalized spacial score (nSPS) is 21.9. The molecular weight excluding hydrogens is 362 g/mol. The third-order valence-electron chi connectivity index (χ3n) is 6.44. The van der Waals surface area contributed by atoms with Crippen LogP contribution in [0.3, 0.4) is 0 Å². The lowest BCUT2D eigenvalue weighted by molar-refractivity contribution is -1.02. The fourth-order valence-corrected chi connectivity index (χ4v) is 4.65. The van der Waals surface area contributed by atoms with Crippen LogP contribution in [0.1, 0.15) is 25.0 Å². The van der Waals surface area contributed by atoms with Crippen molar-refractivity contribution < 1.29 is 19.3 Å². The van der Waals surface area contributed by atoms with Gasteiger partial charge in [0.05, 0.1) is 6.61 Å². The number of ether oxygens (including phenoxy) is 1. The minimum absolute atomic E-state index is 0.00569. The van der Waals surface area contributed by atoms with Crippen LogP contribution < -0.4 is 19.4 Å². The van der Waals surface area contributed by atoms with Crippen molar-refractivity contribution >= 4 is 11.6 Å². The third kappa shape index (κ3) is 4.46. The van der Waals surface area contributed by atoms with Crippen LogP contribution in [0.4, 0.5) is 5.69 Å². The monoisotopic (exact) mass is 395 g/mol. The highest BCUT2D eigenvalue weighted by atomic mass is 16.5. The van der Waals surface area contributed by atoms with Gasteiger partial charge in [-0.25, -0.2) is 0 Å². The lowest BCUT2D eigenvalue weighted by Crippen LogP contribution is -3.29. The number of nitrogens with zero attached hydrogens (tertiary/aromatic N) is 1. The van der Waals surface area contributed by atoms with Crippen LogP contribution in [0.15, 0.2) is 48.5 Å². The first kappa shape index (κ1) is 19.9. The molecule has 2 aromatic carbocycles. The molecule has 2 aromatic rings. The molecule has 0 aliphatic carbocycles. The molecular formula is C24H33N3O2+2. The van der Waals surface area contributed by atoms with Gasteiger partial charge in [-0.2, -0.15) is 0 Å². The highest BCUT2D eigenvalue weighted by molar-refractivity contribution is 5.96. The van der Waals surface area contributed by atoms with E-state index in [9.17, 15) is 4.79 Å². The minimum atomic E-state index is -0.00569. The van der Waals surface area contributed by atoms with E-state index in [0.717, 1.165) is 57.2 Å². The van der Waals surface area contributed by atoms with Gasteiger partial charge in [-0.15, -0.1) is 0 Å². The van der Waals surface area contributed by atoms with Gasteiger partial charge >= 0.3 is 0 Å². The molecule has 0 aromatic heterocycles. The average molecular weight is 396 g/mol. The maximum atomic E-state index is 13.1. The third-order valence-corrected chi connectivity index (χ3v) is 6.44. The Hall–Kier alpha value is -2.37. The zero-order valence-electron chi connectivity index (χ0n) is 17.6. The molecule has 0 unspecified atom stereocenters. The largest absolute Gasteiger partial charge is 0.493 e. The van der Waals surface area contributed by atoms with Crippen molar-refractivity contribution in [1.82, 2.24) is 0 Å². The Morgan fingerprint density at radius 2 is 1.86 bits per heavy atom. The van der Waals surface area contributed by atoms with Gasteiger partial charge in [0.25, 0.3) is 5.91 Å². The number of hydrogen-bond acceptors (Lipinski definition) is 2. The molecule has 154 valence electrons. The van der Waals surface area contributed by atoms with Crippen molar-refractivity contribution in [3.63, 3.8) is 0 Å². The molecule has 5 nitrogen and oxygen atoms in total. The lowest BCUT2D eigenvalue weighted by atomic mass is 10.1. The Morgan fingerprint density at radius 1 is 1.10 bits per heavy atom. The van der Waals surface area contributed by atoms with Gasteiger partial charge in [0.2, 0.25) is 0 Å². The second kappa shape index (κ2) is 8.97. The molecule has 1 fully saturated rings. The fourth-order valence-electron chi connectivity index (χ4n) is 4.65. The number of amides is 1. The first-order valence-electron chi connectivity index (χ1n) is 10.9. The van der Waals surface area contributed by atoms with Gasteiger partial charge < -0.3 is 19.4 Å². The maximum absolute atomic E-state index is 13.1. The Balaban J connectivity index is 1.32. The van der Waals surface area contributed by atoms with E-state index in [1.54, 1.807) is 4.90 Å². The summed E-state index contributed by atoms with van der Waals surface area (Å²) in [6.07, 6.45) is 1.03. The smallest absolute Gasteiger partial charge is 0.284 e. The number of quaternary nitrogens is 2. The van der Waals surface area contributed by atoms with Crippen LogP contribution in [-0.4, -0.2) is 51.3 Å². The molecule has 29 heavy (non-hydrogen) atoms. The van der Waals surface area contributed by atoms with Crippen LogP contribution in [0.5, 0.6) is 5.75 Å². The van der Waals surface area contributed by atoms with E-state index >= 15 is 0 Å². The van der Waals surface area contributed by atoms with Gasteiger partial charge in [-0.3, -0.25) is 4.79 Å². The first-order valence-corrected chi connectivity index (χ1v) is 10.9. The average Bonchev–Trinajstić information content (AvgIpc) is 3.23. The highest BCUT2D eigenvalue weighted by Gasteiger charge is 2.33. The number of nitrogens with one attached hydrogen (secondary N) is 2. The summed E-state index contributed by atoms with van der Waals surface area (Å²) >= 11 is 0. The molecule has 0 saturated carbocycles. The predicted octanol–water partition coefficient (Wildman–Crippen LogP) is 0.347. The second-order valence-corrected chi connectivity index (χ2v) is 8.27. The van der Waals surface area contributed by atoms with Gasteiger partial charge in [0, 0.05) is 24.2 Å². The van der Waals surface area contributed by atoms with Crippen molar-refractivity contribution in [3.05, 3.63) is 59.7 Å². The number of carbonyl (C=O) groups excluding carboxylic acids is 1. The molecule has 2 N–H and O–H groups in total. The fraction of sp³-hybridized carbons (Fsp3) is 0.458. The lowest BCUT2D eigenvalue weighted by Gasteiger charge is -2.34. The standard InChI is InChI=1S/C24H31N3O2/c1-3-27(22-7-5-4-6-8-22)24(28)19(2)26-14-12-25(13-15-26)18-20-9-10-23-21(17-20)11-16-29-23/h4-10,17,19H,3,11-16,18H2,1-2H3/p+2/t19-/m0/s1. The Bertz CT molecular complexity index is 831. The summed E-state index contributed by atoms with van der Waals surface area (Å²) in [4.78, 5) is 18.1. The van der Waals surface area contributed by atoms with Gasteiger partial charge in [0.15, 0.2) is 6.04 Å². The van der Waals surface area contributed by atoms with Crippen molar-refractivity contribution in [2.75, 3.05) is 44.2 Å². The topological polar surface area (TPSA) is 38.4 Å². The number of rotatable bonds is 6. The van der Waals surface area contributed by atoms with Gasteiger partial charge in [-0.05, 0) is 49.7 Å². The summed E-state index contributed by atoms with van der Waals surface area (Å²) in [5, 5.41) is 0. The van der Waals surface area contributed by atoms with Crippen LogP contribution >= 0.6 is 0 Å². The highest BCUT2D eigenvalue weighted by Crippen LogP contribution is 2.25. The number of piperazine rings is 1. The molecule has 2 aliphatic rings. The molecule has 2 aliphatic heterocycles. The number of carbonyl (C=O) groups is 1. The van der Waals surface area contributed by atoms with E-state index in [4.69, 9.17) is 4.74 Å². The number of anilines is 1. The van der Waals surface area contributed by atoms with Crippen molar-refractivity contribution in [2.24, 2.45) is 0 Å². The van der Waals surface area contributed by atoms with Crippen LogP contribution in [0.25, 0.3) is 0 Å². The Labute approximate surface area is 173 Å². The van der Waals surface area contributed by atoms with E-state index in [2.05, 4.69) is 32.0 Å². The van der Waals surface area contributed by atoms with E-state index in [0.29, 0.717) is 6.54 Å². The molecule has 0 radical (unpaired) electrons. The van der Waals surface area contributed by atoms with E-state index in [1.807, 2.05) is 35.2 Å². The van der Waals surface area contributed by atoms with E-state index in [-0.39, 0.29) is 11.9 Å². The molecule has 0 spiro atoms. The van der Waals surface area contributed by atoms with Crippen molar-refractivity contribution in [3.8, 4) is 5.75 Å². The number of likely N-dealkylation sites (N-methyl/N-ethyl adjacent to an activating group) is 1. The van der Waals surface area contributed by atoms with Crippen LogP contribution in [-0.2, 0) is 17.8 Å². The second-order valence-electron chi connectivity index (χ2n) is 8.27. The van der Waals surface area contributed by atoms with E-state index in [1.165, 1.54) is 16.0 Å². The number of para-hydroxylation sites is 1. The molecule has 0 bridgehead atoms. The number of fused-ring (bicyclic) bond motifs is 1. The van der Waals surface area contributed by atoms with E-state index < -0.39 is 0 Å². The van der Waals surface area contributed by atoms with Crippen LogP contribution in [0, 0.1) is 0 Å². The van der Waals surface area contributed by atoms with Gasteiger partial charge in [0.1, 0.15) is 38.5 Å². The van der Waals surface area contributed by atoms with Crippen molar-refractivity contribution in [2.45, 2.75) is 32.9 Å².